The van der Waals surface area contributed by atoms with E-state index in [1.165, 1.54) is 25.7 Å². The van der Waals surface area contributed by atoms with Gasteiger partial charge in [-0.2, -0.15) is 0 Å². The van der Waals surface area contributed by atoms with Crippen LogP contribution in [0.25, 0.3) is 10.9 Å². The van der Waals surface area contributed by atoms with E-state index in [2.05, 4.69) is 31.3 Å². The number of aromatic nitrogens is 4. The molecule has 2 heterocycles. The molecule has 1 saturated carbocycles. The average molecular weight is 398 g/mol. The highest BCUT2D eigenvalue weighted by Gasteiger charge is 2.23. The Labute approximate surface area is 169 Å². The quantitative estimate of drug-likeness (QED) is 0.447. The largest absolute Gasteiger partial charge is 0.361 e. The molecule has 1 fully saturated rings. The molecule has 1 aliphatic carbocycles. The predicted molar refractivity (Wildman–Crippen MR) is 113 cm³/mol. The lowest BCUT2D eigenvalue weighted by atomic mass is 10.1. The van der Waals surface area contributed by atoms with Gasteiger partial charge in [-0.05, 0) is 37.1 Å². The van der Waals surface area contributed by atoms with Crippen molar-refractivity contribution in [2.24, 2.45) is 0 Å². The highest BCUT2D eigenvalue weighted by molar-refractivity contribution is 7.98. The average Bonchev–Trinajstić information content (AvgIpc) is 3.45. The maximum Gasteiger partial charge on any atom is 0.224 e. The minimum atomic E-state index is 0.0619. The van der Waals surface area contributed by atoms with E-state index in [0.29, 0.717) is 19.0 Å². The molecule has 28 heavy (non-hydrogen) atoms. The van der Waals surface area contributed by atoms with Gasteiger partial charge in [0.05, 0.1) is 6.42 Å². The number of carbonyl (C=O) groups excluding carboxylic acids is 1. The Kier molecular flexibility index (Phi) is 6.00. The second kappa shape index (κ2) is 8.82. The minimum absolute atomic E-state index is 0.0619. The van der Waals surface area contributed by atoms with Gasteiger partial charge in [0, 0.05) is 36.1 Å². The topological polar surface area (TPSA) is 75.6 Å². The van der Waals surface area contributed by atoms with E-state index in [1.54, 1.807) is 11.8 Å². The van der Waals surface area contributed by atoms with Crippen molar-refractivity contribution >= 4 is 28.6 Å². The second-order valence-corrected chi connectivity index (χ2v) is 8.17. The molecule has 1 amide bonds. The molecule has 2 N–H and O–H groups in total. The van der Waals surface area contributed by atoms with Gasteiger partial charge >= 0.3 is 0 Å². The molecule has 0 radical (unpaired) electrons. The lowest BCUT2D eigenvalue weighted by Gasteiger charge is -2.16. The van der Waals surface area contributed by atoms with E-state index in [0.717, 1.165) is 40.3 Å². The van der Waals surface area contributed by atoms with Crippen LogP contribution in [0.1, 0.15) is 49.5 Å². The van der Waals surface area contributed by atoms with Crippen LogP contribution < -0.4 is 5.32 Å². The number of aryl methyl sites for hydroxylation is 1. The highest BCUT2D eigenvalue weighted by Crippen LogP contribution is 2.33. The summed E-state index contributed by atoms with van der Waals surface area (Å²) in [5, 5.41) is 14.0. The summed E-state index contributed by atoms with van der Waals surface area (Å²) in [5.41, 5.74) is 2.11. The van der Waals surface area contributed by atoms with E-state index in [4.69, 9.17) is 0 Å². The SMILES string of the molecule is CSc1nnc(CCCNC(=O)Cc2c[nH]c3ccccc23)n1C1CCCC1. The Morgan fingerprint density at radius 3 is 2.93 bits per heavy atom. The van der Waals surface area contributed by atoms with Crippen LogP contribution in [0.5, 0.6) is 0 Å². The first-order chi connectivity index (χ1) is 13.8. The van der Waals surface area contributed by atoms with Crippen molar-refractivity contribution in [1.29, 1.82) is 0 Å². The van der Waals surface area contributed by atoms with Crippen LogP contribution in [0.15, 0.2) is 35.6 Å². The molecule has 1 aromatic carbocycles. The first-order valence-electron chi connectivity index (χ1n) is 10.1. The lowest BCUT2D eigenvalue weighted by molar-refractivity contribution is -0.120. The molecular weight excluding hydrogens is 370 g/mol. The summed E-state index contributed by atoms with van der Waals surface area (Å²) < 4.78 is 2.34. The third-order valence-electron chi connectivity index (χ3n) is 5.53. The zero-order chi connectivity index (χ0) is 19.3. The predicted octanol–water partition coefficient (Wildman–Crippen LogP) is 3.89. The van der Waals surface area contributed by atoms with Gasteiger partial charge in [-0.15, -0.1) is 10.2 Å². The number of benzene rings is 1. The van der Waals surface area contributed by atoms with Gasteiger partial charge in [-0.3, -0.25) is 4.79 Å². The van der Waals surface area contributed by atoms with Gasteiger partial charge in [-0.25, -0.2) is 0 Å². The second-order valence-electron chi connectivity index (χ2n) is 7.40. The first kappa shape index (κ1) is 19.1. The molecule has 0 unspecified atom stereocenters. The number of rotatable bonds is 8. The Morgan fingerprint density at radius 2 is 2.11 bits per heavy atom. The molecule has 0 bridgehead atoms. The number of para-hydroxylation sites is 1. The monoisotopic (exact) mass is 397 g/mol. The van der Waals surface area contributed by atoms with E-state index < -0.39 is 0 Å². The third kappa shape index (κ3) is 4.09. The number of aromatic amines is 1. The summed E-state index contributed by atoms with van der Waals surface area (Å²) in [6, 6.07) is 8.62. The number of hydrogen-bond acceptors (Lipinski definition) is 4. The van der Waals surface area contributed by atoms with E-state index in [9.17, 15) is 4.79 Å². The molecule has 3 aromatic rings. The van der Waals surface area contributed by atoms with Gasteiger partial charge < -0.3 is 14.9 Å². The molecule has 0 aliphatic heterocycles. The van der Waals surface area contributed by atoms with Crippen LogP contribution in [0.4, 0.5) is 0 Å². The molecule has 0 atom stereocenters. The van der Waals surface area contributed by atoms with Gasteiger partial charge in [-0.1, -0.05) is 42.8 Å². The fourth-order valence-electron chi connectivity index (χ4n) is 4.13. The summed E-state index contributed by atoms with van der Waals surface area (Å²) >= 11 is 1.67. The molecule has 2 aromatic heterocycles. The summed E-state index contributed by atoms with van der Waals surface area (Å²) in [7, 11) is 0. The Bertz CT molecular complexity index is 941. The van der Waals surface area contributed by atoms with E-state index in [-0.39, 0.29) is 5.91 Å². The standard InChI is InChI=1S/C21H27N5OS/c1-28-21-25-24-19(26(21)16-7-2-3-8-16)11-6-12-22-20(27)13-15-14-23-18-10-5-4-9-17(15)18/h4-5,9-10,14,16,23H,2-3,6-8,11-13H2,1H3,(H,22,27). The molecule has 0 saturated heterocycles. The molecule has 6 nitrogen and oxygen atoms in total. The maximum atomic E-state index is 12.3. The van der Waals surface area contributed by atoms with Gasteiger partial charge in [0.1, 0.15) is 5.82 Å². The third-order valence-corrected chi connectivity index (χ3v) is 6.18. The number of H-pyrrole nitrogens is 1. The van der Waals surface area contributed by atoms with Crippen LogP contribution in [0.2, 0.25) is 0 Å². The molecule has 4 rings (SSSR count). The van der Waals surface area contributed by atoms with Crippen LogP contribution in [0, 0.1) is 0 Å². The number of nitrogens with zero attached hydrogens (tertiary/aromatic N) is 3. The lowest BCUT2D eigenvalue weighted by Crippen LogP contribution is -2.26. The van der Waals surface area contributed by atoms with Crippen LogP contribution in [-0.2, 0) is 17.6 Å². The fourth-order valence-corrected chi connectivity index (χ4v) is 4.71. The van der Waals surface area contributed by atoms with Crippen LogP contribution >= 0.6 is 11.8 Å². The minimum Gasteiger partial charge on any atom is -0.361 e. The van der Waals surface area contributed by atoms with Gasteiger partial charge in [0.25, 0.3) is 0 Å². The van der Waals surface area contributed by atoms with Crippen LogP contribution in [-0.4, -0.2) is 38.5 Å². The van der Waals surface area contributed by atoms with Crippen molar-refractivity contribution in [3.63, 3.8) is 0 Å². The number of hydrogen-bond donors (Lipinski definition) is 2. The number of amides is 1. The Morgan fingerprint density at radius 1 is 1.29 bits per heavy atom. The van der Waals surface area contributed by atoms with Crippen molar-refractivity contribution in [2.45, 2.75) is 56.1 Å². The van der Waals surface area contributed by atoms with Crippen molar-refractivity contribution in [3.8, 4) is 0 Å². The van der Waals surface area contributed by atoms with Crippen molar-refractivity contribution in [1.82, 2.24) is 25.1 Å². The zero-order valence-corrected chi connectivity index (χ0v) is 17.1. The number of thioether (sulfide) groups is 1. The zero-order valence-electron chi connectivity index (χ0n) is 16.3. The summed E-state index contributed by atoms with van der Waals surface area (Å²) in [5.74, 6) is 1.12. The molecule has 148 valence electrons. The van der Waals surface area contributed by atoms with Crippen molar-refractivity contribution < 1.29 is 4.79 Å². The Balaban J connectivity index is 1.29. The van der Waals surface area contributed by atoms with Crippen molar-refractivity contribution in [2.75, 3.05) is 12.8 Å². The molecular formula is C21H27N5OS. The summed E-state index contributed by atoms with van der Waals surface area (Å²) in [6.45, 7) is 0.660. The molecule has 0 spiro atoms. The van der Waals surface area contributed by atoms with Gasteiger partial charge in [0.15, 0.2) is 5.16 Å². The number of nitrogens with one attached hydrogen (secondary N) is 2. The maximum absolute atomic E-state index is 12.3. The fraction of sp³-hybridized carbons (Fsp3) is 0.476. The number of fused-ring (bicyclic) bond motifs is 1. The summed E-state index contributed by atoms with van der Waals surface area (Å²) in [6.07, 6.45) is 11.1. The van der Waals surface area contributed by atoms with E-state index >= 15 is 0 Å². The Hall–Kier alpha value is -2.28. The van der Waals surface area contributed by atoms with Gasteiger partial charge in [0.2, 0.25) is 5.91 Å². The first-order valence-corrected chi connectivity index (χ1v) is 11.3. The van der Waals surface area contributed by atoms with Crippen LogP contribution in [0.3, 0.4) is 0 Å². The summed E-state index contributed by atoms with van der Waals surface area (Å²) in [4.78, 5) is 15.6. The number of carbonyl (C=O) groups is 1. The molecule has 7 heteroatoms. The smallest absolute Gasteiger partial charge is 0.224 e. The highest BCUT2D eigenvalue weighted by atomic mass is 32.2. The molecule has 1 aliphatic rings. The van der Waals surface area contributed by atoms with Crippen molar-refractivity contribution in [3.05, 3.63) is 41.9 Å². The van der Waals surface area contributed by atoms with E-state index in [1.807, 2.05) is 30.5 Å². The normalized spacial score (nSPS) is 14.8.